The number of rotatable bonds is 4. The van der Waals surface area contributed by atoms with E-state index in [1.165, 1.54) is 12.1 Å². The van der Waals surface area contributed by atoms with Crippen molar-refractivity contribution < 1.29 is 13.2 Å². The lowest BCUT2D eigenvalue weighted by molar-refractivity contribution is -0.125. The van der Waals surface area contributed by atoms with Crippen LogP contribution in [0.25, 0.3) is 0 Å². The molecule has 7 heteroatoms. The minimum absolute atomic E-state index is 0.0106. The van der Waals surface area contributed by atoms with Crippen molar-refractivity contribution in [1.82, 2.24) is 10.6 Å². The van der Waals surface area contributed by atoms with Gasteiger partial charge in [-0.05, 0) is 37.6 Å². The van der Waals surface area contributed by atoms with Gasteiger partial charge in [-0.3, -0.25) is 4.79 Å². The molecule has 20 heavy (non-hydrogen) atoms. The van der Waals surface area contributed by atoms with E-state index in [1.54, 1.807) is 12.1 Å². The fraction of sp³-hybridized carbons (Fsp3) is 0.462. The molecule has 1 aromatic rings. The number of carbonyl (C=O) groups excluding carboxylic acids is 1. The third kappa shape index (κ3) is 3.56. The van der Waals surface area contributed by atoms with Crippen molar-refractivity contribution in [3.05, 3.63) is 29.8 Å². The molecule has 0 saturated carbocycles. The monoisotopic (exact) mass is 297 g/mol. The minimum atomic E-state index is -3.71. The summed E-state index contributed by atoms with van der Waals surface area (Å²) in [6.07, 6.45) is 0.824. The summed E-state index contributed by atoms with van der Waals surface area (Å²) in [7, 11) is -3.71. The number of nitrogens with one attached hydrogen (secondary N) is 2. The van der Waals surface area contributed by atoms with Crippen molar-refractivity contribution in [2.75, 3.05) is 6.54 Å². The Morgan fingerprint density at radius 3 is 2.85 bits per heavy atom. The van der Waals surface area contributed by atoms with Gasteiger partial charge in [0.15, 0.2) is 0 Å². The molecule has 6 nitrogen and oxygen atoms in total. The first kappa shape index (κ1) is 15.0. The SMILES string of the molecule is CC1NCCC1C(=O)NCc1cccc(S(N)(=O)=O)c1. The van der Waals surface area contributed by atoms with E-state index in [2.05, 4.69) is 10.6 Å². The van der Waals surface area contributed by atoms with Crippen molar-refractivity contribution >= 4 is 15.9 Å². The minimum Gasteiger partial charge on any atom is -0.352 e. The first-order valence-corrected chi connectivity index (χ1v) is 8.05. The van der Waals surface area contributed by atoms with Crippen molar-refractivity contribution in [2.24, 2.45) is 11.1 Å². The molecular weight excluding hydrogens is 278 g/mol. The van der Waals surface area contributed by atoms with Crippen LogP contribution in [-0.4, -0.2) is 26.9 Å². The Hall–Kier alpha value is -1.44. The molecule has 0 aromatic heterocycles. The molecule has 0 aliphatic carbocycles. The van der Waals surface area contributed by atoms with Crippen LogP contribution in [0.2, 0.25) is 0 Å². The molecule has 1 amide bonds. The van der Waals surface area contributed by atoms with Gasteiger partial charge in [0.1, 0.15) is 0 Å². The van der Waals surface area contributed by atoms with Crippen molar-refractivity contribution in [1.29, 1.82) is 0 Å². The summed E-state index contributed by atoms with van der Waals surface area (Å²) in [5.74, 6) is -0.0417. The second-order valence-electron chi connectivity index (χ2n) is 5.05. The molecule has 0 spiro atoms. The normalized spacial score (nSPS) is 22.7. The van der Waals surface area contributed by atoms with E-state index in [0.717, 1.165) is 13.0 Å². The Morgan fingerprint density at radius 2 is 2.25 bits per heavy atom. The van der Waals surface area contributed by atoms with Crippen LogP contribution < -0.4 is 15.8 Å². The van der Waals surface area contributed by atoms with Crippen LogP contribution in [-0.2, 0) is 21.4 Å². The molecule has 0 bridgehead atoms. The summed E-state index contributed by atoms with van der Waals surface area (Å²) in [5.41, 5.74) is 0.712. The first-order valence-electron chi connectivity index (χ1n) is 6.51. The van der Waals surface area contributed by atoms with E-state index in [1.807, 2.05) is 6.92 Å². The van der Waals surface area contributed by atoms with Crippen LogP contribution in [0, 0.1) is 5.92 Å². The van der Waals surface area contributed by atoms with Crippen LogP contribution >= 0.6 is 0 Å². The highest BCUT2D eigenvalue weighted by molar-refractivity contribution is 7.89. The molecule has 4 N–H and O–H groups in total. The number of amides is 1. The predicted octanol–water partition coefficient (Wildman–Crippen LogP) is -0.0518. The summed E-state index contributed by atoms with van der Waals surface area (Å²) in [4.78, 5) is 12.1. The fourth-order valence-corrected chi connectivity index (χ4v) is 2.95. The van der Waals surface area contributed by atoms with E-state index in [4.69, 9.17) is 5.14 Å². The van der Waals surface area contributed by atoms with E-state index >= 15 is 0 Å². The predicted molar refractivity (Wildman–Crippen MR) is 75.2 cm³/mol. The van der Waals surface area contributed by atoms with Crippen LogP contribution in [0.15, 0.2) is 29.2 Å². The summed E-state index contributed by atoms with van der Waals surface area (Å²) in [6, 6.07) is 6.45. The Labute approximate surface area is 118 Å². The molecule has 1 aliphatic rings. The Kier molecular flexibility index (Phi) is 4.42. The number of sulfonamides is 1. The van der Waals surface area contributed by atoms with Gasteiger partial charge in [0.05, 0.1) is 10.8 Å². The molecule has 1 aliphatic heterocycles. The van der Waals surface area contributed by atoms with Crippen LogP contribution in [0.5, 0.6) is 0 Å². The zero-order valence-electron chi connectivity index (χ0n) is 11.3. The van der Waals surface area contributed by atoms with Gasteiger partial charge in [-0.15, -0.1) is 0 Å². The number of nitrogens with two attached hydrogens (primary N) is 1. The summed E-state index contributed by atoms with van der Waals surface area (Å²) >= 11 is 0. The van der Waals surface area contributed by atoms with Gasteiger partial charge in [0.25, 0.3) is 0 Å². The lowest BCUT2D eigenvalue weighted by atomic mass is 10.0. The number of hydrogen-bond acceptors (Lipinski definition) is 4. The number of primary sulfonamides is 1. The highest BCUT2D eigenvalue weighted by Crippen LogP contribution is 2.15. The second kappa shape index (κ2) is 5.90. The summed E-state index contributed by atoms with van der Waals surface area (Å²) in [6.45, 7) is 3.13. The van der Waals surface area contributed by atoms with E-state index in [0.29, 0.717) is 12.1 Å². The van der Waals surface area contributed by atoms with Crippen LogP contribution in [0.3, 0.4) is 0 Å². The lowest BCUT2D eigenvalue weighted by Gasteiger charge is -2.15. The average molecular weight is 297 g/mol. The third-order valence-corrected chi connectivity index (χ3v) is 4.47. The van der Waals surface area contributed by atoms with Crippen molar-refractivity contribution in [3.63, 3.8) is 0 Å². The standard InChI is InChI=1S/C13H19N3O3S/c1-9-12(5-6-15-9)13(17)16-8-10-3-2-4-11(7-10)20(14,18)19/h2-4,7,9,12,15H,5-6,8H2,1H3,(H,16,17)(H2,14,18,19). The second-order valence-corrected chi connectivity index (χ2v) is 6.61. The zero-order valence-corrected chi connectivity index (χ0v) is 12.1. The van der Waals surface area contributed by atoms with Gasteiger partial charge >= 0.3 is 0 Å². The van der Waals surface area contributed by atoms with E-state index < -0.39 is 10.0 Å². The average Bonchev–Trinajstić information content (AvgIpc) is 2.82. The van der Waals surface area contributed by atoms with Gasteiger partial charge in [0.2, 0.25) is 15.9 Å². The van der Waals surface area contributed by atoms with Crippen LogP contribution in [0.4, 0.5) is 0 Å². The molecule has 1 saturated heterocycles. The highest BCUT2D eigenvalue weighted by Gasteiger charge is 2.28. The molecule has 0 radical (unpaired) electrons. The molecule has 2 unspecified atom stereocenters. The molecule has 1 aromatic carbocycles. The maximum atomic E-state index is 12.0. The topological polar surface area (TPSA) is 101 Å². The maximum absolute atomic E-state index is 12.0. The van der Waals surface area contributed by atoms with Gasteiger partial charge in [0, 0.05) is 12.6 Å². The van der Waals surface area contributed by atoms with Crippen molar-refractivity contribution in [2.45, 2.75) is 30.8 Å². The largest absolute Gasteiger partial charge is 0.352 e. The summed E-state index contributed by atoms with van der Waals surface area (Å²) < 4.78 is 22.5. The number of benzene rings is 1. The zero-order chi connectivity index (χ0) is 14.8. The quantitative estimate of drug-likeness (QED) is 0.725. The summed E-state index contributed by atoms with van der Waals surface area (Å²) in [5, 5.41) is 11.1. The van der Waals surface area contributed by atoms with Gasteiger partial charge in [-0.2, -0.15) is 0 Å². The highest BCUT2D eigenvalue weighted by atomic mass is 32.2. The Morgan fingerprint density at radius 1 is 1.50 bits per heavy atom. The van der Waals surface area contributed by atoms with Gasteiger partial charge in [-0.25, -0.2) is 13.6 Å². The molecular formula is C13H19N3O3S. The molecule has 2 atom stereocenters. The molecule has 1 heterocycles. The van der Waals surface area contributed by atoms with Crippen LogP contribution in [0.1, 0.15) is 18.9 Å². The Bertz CT molecular complexity index is 601. The van der Waals surface area contributed by atoms with E-state index in [-0.39, 0.29) is 22.8 Å². The van der Waals surface area contributed by atoms with Crippen molar-refractivity contribution in [3.8, 4) is 0 Å². The third-order valence-electron chi connectivity index (χ3n) is 3.56. The van der Waals surface area contributed by atoms with E-state index in [9.17, 15) is 13.2 Å². The smallest absolute Gasteiger partial charge is 0.238 e. The molecule has 1 fully saturated rings. The molecule has 2 rings (SSSR count). The first-order chi connectivity index (χ1) is 9.38. The lowest BCUT2D eigenvalue weighted by Crippen LogP contribution is -2.36. The van der Waals surface area contributed by atoms with Gasteiger partial charge < -0.3 is 10.6 Å². The maximum Gasteiger partial charge on any atom is 0.238 e. The number of carbonyl (C=O) groups is 1. The van der Waals surface area contributed by atoms with Gasteiger partial charge in [-0.1, -0.05) is 12.1 Å². The molecule has 110 valence electrons. The number of hydrogen-bond donors (Lipinski definition) is 3. The fourth-order valence-electron chi connectivity index (χ4n) is 2.37. The Balaban J connectivity index is 1.99.